The van der Waals surface area contributed by atoms with Gasteiger partial charge in [-0.1, -0.05) is 35.4 Å². The van der Waals surface area contributed by atoms with Gasteiger partial charge in [0, 0.05) is 11.5 Å². The molecule has 6 heteroatoms. The number of azide groups is 1. The van der Waals surface area contributed by atoms with E-state index in [2.05, 4.69) is 20.9 Å². The minimum absolute atomic E-state index is 0.215. The molecule has 0 aliphatic carbocycles. The van der Waals surface area contributed by atoms with E-state index in [1.54, 1.807) is 0 Å². The van der Waals surface area contributed by atoms with Crippen molar-refractivity contribution in [2.24, 2.45) is 5.11 Å². The standard InChI is InChI=1S/C9H11N5O/c10-14-11-6-9(13-12-7-15)8-4-2-1-3-5-8/h1-5,7,9,13H,6H2,(H,12,15)/t9-/m0/s1. The third-order valence-corrected chi connectivity index (χ3v) is 1.85. The second-order valence-electron chi connectivity index (χ2n) is 2.78. The molecule has 2 N–H and O–H groups in total. The molecule has 0 bridgehead atoms. The van der Waals surface area contributed by atoms with Crippen molar-refractivity contribution in [3.05, 3.63) is 46.3 Å². The van der Waals surface area contributed by atoms with Crippen LogP contribution in [-0.4, -0.2) is 13.0 Å². The van der Waals surface area contributed by atoms with Gasteiger partial charge in [-0.2, -0.15) is 0 Å². The van der Waals surface area contributed by atoms with Crippen LogP contribution < -0.4 is 10.9 Å². The Morgan fingerprint density at radius 3 is 2.80 bits per heavy atom. The SMILES string of the molecule is [N-]=[N+]=NC[C@H](NNC=O)c1ccccc1. The summed E-state index contributed by atoms with van der Waals surface area (Å²) in [6, 6.07) is 9.20. The average molecular weight is 205 g/mol. The summed E-state index contributed by atoms with van der Waals surface area (Å²) in [6.07, 6.45) is 0.534. The Kier molecular flexibility index (Phi) is 4.72. The molecule has 78 valence electrons. The molecule has 6 nitrogen and oxygen atoms in total. The molecule has 0 unspecified atom stereocenters. The van der Waals surface area contributed by atoms with Crippen molar-refractivity contribution in [2.75, 3.05) is 6.54 Å². The number of hydrogen-bond donors (Lipinski definition) is 2. The first kappa shape index (κ1) is 11.0. The Morgan fingerprint density at radius 1 is 1.47 bits per heavy atom. The second-order valence-corrected chi connectivity index (χ2v) is 2.78. The van der Waals surface area contributed by atoms with Crippen LogP contribution in [0.3, 0.4) is 0 Å². The first-order chi connectivity index (χ1) is 7.38. The maximum Gasteiger partial charge on any atom is 0.221 e. The number of hydrazine groups is 1. The number of rotatable bonds is 6. The van der Waals surface area contributed by atoms with Crippen molar-refractivity contribution < 1.29 is 4.79 Å². The number of benzene rings is 1. The highest BCUT2D eigenvalue weighted by Gasteiger charge is 2.08. The van der Waals surface area contributed by atoms with E-state index in [1.165, 1.54) is 0 Å². The van der Waals surface area contributed by atoms with Gasteiger partial charge in [0.05, 0.1) is 6.04 Å². The van der Waals surface area contributed by atoms with Crippen molar-refractivity contribution in [3.63, 3.8) is 0 Å². The summed E-state index contributed by atoms with van der Waals surface area (Å²) in [5, 5.41) is 3.46. The van der Waals surface area contributed by atoms with Crippen molar-refractivity contribution in [1.82, 2.24) is 10.9 Å². The summed E-state index contributed by atoms with van der Waals surface area (Å²) in [5.74, 6) is 0. The first-order valence-electron chi connectivity index (χ1n) is 4.39. The lowest BCUT2D eigenvalue weighted by Gasteiger charge is -2.15. The van der Waals surface area contributed by atoms with Crippen molar-refractivity contribution >= 4 is 6.41 Å². The smallest absolute Gasteiger partial charge is 0.221 e. The van der Waals surface area contributed by atoms with E-state index < -0.39 is 0 Å². The molecule has 0 saturated heterocycles. The molecule has 0 saturated carbocycles. The van der Waals surface area contributed by atoms with Gasteiger partial charge >= 0.3 is 0 Å². The number of amides is 1. The van der Waals surface area contributed by atoms with Gasteiger partial charge in [0.25, 0.3) is 0 Å². The lowest BCUT2D eigenvalue weighted by Crippen LogP contribution is -2.35. The Hall–Kier alpha value is -2.04. The van der Waals surface area contributed by atoms with Crippen LogP contribution in [0.2, 0.25) is 0 Å². The molecule has 0 aliphatic rings. The average Bonchev–Trinajstić information content (AvgIpc) is 2.30. The molecule has 0 radical (unpaired) electrons. The number of hydrogen-bond acceptors (Lipinski definition) is 3. The Balaban J connectivity index is 2.70. The fraction of sp³-hybridized carbons (Fsp3) is 0.222. The van der Waals surface area contributed by atoms with E-state index in [0.717, 1.165) is 5.56 Å². The molecule has 0 aliphatic heterocycles. The normalized spacial score (nSPS) is 11.2. The van der Waals surface area contributed by atoms with Gasteiger partial charge in [0.15, 0.2) is 0 Å². The second kappa shape index (κ2) is 6.42. The molecular formula is C9H11N5O. The third kappa shape index (κ3) is 3.68. The summed E-state index contributed by atoms with van der Waals surface area (Å²) < 4.78 is 0. The summed E-state index contributed by atoms with van der Waals surface area (Å²) in [5.41, 5.74) is 14.3. The number of carbonyl (C=O) groups is 1. The van der Waals surface area contributed by atoms with Crippen LogP contribution in [0.15, 0.2) is 35.4 Å². The molecule has 1 atom stereocenters. The van der Waals surface area contributed by atoms with Crippen LogP contribution in [0.25, 0.3) is 10.4 Å². The zero-order chi connectivity index (χ0) is 10.9. The Bertz CT molecular complexity index is 347. The predicted octanol–water partition coefficient (Wildman–Crippen LogP) is 1.29. The van der Waals surface area contributed by atoms with E-state index in [1.807, 2.05) is 30.3 Å². The predicted molar refractivity (Wildman–Crippen MR) is 55.5 cm³/mol. The van der Waals surface area contributed by atoms with Crippen molar-refractivity contribution in [2.45, 2.75) is 6.04 Å². The monoisotopic (exact) mass is 205 g/mol. The molecule has 1 rings (SSSR count). The van der Waals surface area contributed by atoms with Gasteiger partial charge in [0.1, 0.15) is 0 Å². The van der Waals surface area contributed by atoms with Crippen LogP contribution in [-0.2, 0) is 4.79 Å². The third-order valence-electron chi connectivity index (χ3n) is 1.85. The van der Waals surface area contributed by atoms with E-state index in [-0.39, 0.29) is 12.6 Å². The zero-order valence-corrected chi connectivity index (χ0v) is 8.00. The lowest BCUT2D eigenvalue weighted by molar-refractivity contribution is -0.110. The molecule has 1 amide bonds. The quantitative estimate of drug-likeness (QED) is 0.241. The van der Waals surface area contributed by atoms with Gasteiger partial charge < -0.3 is 0 Å². The summed E-state index contributed by atoms with van der Waals surface area (Å²) in [4.78, 5) is 12.8. The molecule has 0 fully saturated rings. The van der Waals surface area contributed by atoms with E-state index in [9.17, 15) is 4.79 Å². The van der Waals surface area contributed by atoms with Crippen LogP contribution in [0, 0.1) is 0 Å². The first-order valence-corrected chi connectivity index (χ1v) is 4.39. The van der Waals surface area contributed by atoms with Gasteiger partial charge in [-0.3, -0.25) is 10.2 Å². The van der Waals surface area contributed by atoms with Crippen molar-refractivity contribution in [1.29, 1.82) is 0 Å². The highest BCUT2D eigenvalue weighted by atomic mass is 16.1. The molecular weight excluding hydrogens is 194 g/mol. The fourth-order valence-corrected chi connectivity index (χ4v) is 1.17. The zero-order valence-electron chi connectivity index (χ0n) is 8.00. The van der Waals surface area contributed by atoms with Crippen LogP contribution in [0.1, 0.15) is 11.6 Å². The number of carbonyl (C=O) groups excluding carboxylic acids is 1. The summed E-state index contributed by atoms with van der Waals surface area (Å²) in [7, 11) is 0. The molecule has 0 heterocycles. The highest BCUT2D eigenvalue weighted by Crippen LogP contribution is 2.11. The number of nitrogens with zero attached hydrogens (tertiary/aromatic N) is 3. The minimum atomic E-state index is -0.215. The Morgan fingerprint density at radius 2 is 2.20 bits per heavy atom. The highest BCUT2D eigenvalue weighted by molar-refractivity contribution is 5.45. The van der Waals surface area contributed by atoms with E-state index in [0.29, 0.717) is 6.41 Å². The Labute approximate surface area is 86.9 Å². The minimum Gasteiger partial charge on any atom is -0.294 e. The van der Waals surface area contributed by atoms with Gasteiger partial charge in [-0.25, -0.2) is 5.43 Å². The largest absolute Gasteiger partial charge is 0.294 e. The van der Waals surface area contributed by atoms with Crippen LogP contribution >= 0.6 is 0 Å². The van der Waals surface area contributed by atoms with E-state index >= 15 is 0 Å². The van der Waals surface area contributed by atoms with Crippen molar-refractivity contribution in [3.8, 4) is 0 Å². The maximum atomic E-state index is 10.1. The van der Waals surface area contributed by atoms with Gasteiger partial charge in [-0.05, 0) is 11.1 Å². The molecule has 15 heavy (non-hydrogen) atoms. The topological polar surface area (TPSA) is 89.9 Å². The fourth-order valence-electron chi connectivity index (χ4n) is 1.17. The number of nitrogens with one attached hydrogen (secondary N) is 2. The van der Waals surface area contributed by atoms with E-state index in [4.69, 9.17) is 5.53 Å². The molecule has 1 aromatic carbocycles. The van der Waals surface area contributed by atoms with Gasteiger partial charge in [-0.15, -0.1) is 0 Å². The lowest BCUT2D eigenvalue weighted by atomic mass is 10.1. The summed E-state index contributed by atoms with van der Waals surface area (Å²) in [6.45, 7) is 0.237. The van der Waals surface area contributed by atoms with Crippen LogP contribution in [0.4, 0.5) is 0 Å². The molecule has 1 aromatic rings. The molecule has 0 spiro atoms. The maximum absolute atomic E-state index is 10.1. The molecule has 0 aromatic heterocycles. The van der Waals surface area contributed by atoms with Gasteiger partial charge in [0.2, 0.25) is 6.41 Å². The summed E-state index contributed by atoms with van der Waals surface area (Å²) >= 11 is 0. The van der Waals surface area contributed by atoms with Crippen LogP contribution in [0.5, 0.6) is 0 Å².